The fourth-order valence-corrected chi connectivity index (χ4v) is 4.37. The Bertz CT molecular complexity index is 1110. The molecule has 1 aromatic carbocycles. The summed E-state index contributed by atoms with van der Waals surface area (Å²) in [5.41, 5.74) is 4.88. The first-order valence-electron chi connectivity index (χ1n) is 10.9. The third-order valence-electron chi connectivity index (χ3n) is 6.20. The maximum atomic E-state index is 13.1. The molecule has 3 aromatic rings. The van der Waals surface area contributed by atoms with Crippen LogP contribution in [0.5, 0.6) is 5.75 Å². The quantitative estimate of drug-likeness (QED) is 0.637. The molecule has 1 fully saturated rings. The summed E-state index contributed by atoms with van der Waals surface area (Å²) >= 11 is 0. The third-order valence-corrected chi connectivity index (χ3v) is 6.20. The average Bonchev–Trinajstić information content (AvgIpc) is 3.50. The molecule has 2 aliphatic rings. The number of carbonyl (C=O) groups is 1. The van der Waals surface area contributed by atoms with E-state index in [1.807, 2.05) is 36.7 Å². The Morgan fingerprint density at radius 2 is 2.25 bits per heavy atom. The molecule has 32 heavy (non-hydrogen) atoms. The Balaban J connectivity index is 1.41. The van der Waals surface area contributed by atoms with Crippen molar-refractivity contribution in [3.8, 4) is 11.6 Å². The van der Waals surface area contributed by atoms with Crippen molar-refractivity contribution < 1.29 is 19.4 Å². The summed E-state index contributed by atoms with van der Waals surface area (Å²) in [7, 11) is 0. The lowest BCUT2D eigenvalue weighted by Gasteiger charge is -2.28. The summed E-state index contributed by atoms with van der Waals surface area (Å²) in [6.45, 7) is 3.41. The van der Waals surface area contributed by atoms with Crippen molar-refractivity contribution in [2.45, 2.75) is 38.3 Å². The van der Waals surface area contributed by atoms with Crippen LogP contribution >= 0.6 is 0 Å². The summed E-state index contributed by atoms with van der Waals surface area (Å²) in [5, 5.41) is 17.3. The van der Waals surface area contributed by atoms with Gasteiger partial charge in [-0.25, -0.2) is 9.67 Å². The summed E-state index contributed by atoms with van der Waals surface area (Å²) in [6, 6.07) is 7.43. The van der Waals surface area contributed by atoms with Gasteiger partial charge in [-0.05, 0) is 54.7 Å². The monoisotopic (exact) mass is 434 g/mol. The number of amides is 1. The van der Waals surface area contributed by atoms with E-state index in [0.717, 1.165) is 34.5 Å². The van der Waals surface area contributed by atoms with Gasteiger partial charge in [0.15, 0.2) is 5.82 Å². The summed E-state index contributed by atoms with van der Waals surface area (Å²) in [6.07, 6.45) is 6.74. The molecule has 0 aliphatic carbocycles. The molecular formula is C24H26N4O4. The number of nitrogens with one attached hydrogen (secondary N) is 1. The van der Waals surface area contributed by atoms with Gasteiger partial charge in [0.2, 0.25) is 0 Å². The molecule has 0 saturated carbocycles. The number of pyridine rings is 1. The molecule has 2 N–H and O–H groups in total. The molecule has 0 radical (unpaired) electrons. The molecule has 8 nitrogen and oxygen atoms in total. The number of ether oxygens (including phenoxy) is 2. The highest BCUT2D eigenvalue weighted by molar-refractivity contribution is 5.98. The van der Waals surface area contributed by atoms with Gasteiger partial charge in [0, 0.05) is 37.2 Å². The van der Waals surface area contributed by atoms with Gasteiger partial charge in [-0.15, -0.1) is 0 Å². The minimum absolute atomic E-state index is 0.220. The van der Waals surface area contributed by atoms with Gasteiger partial charge in [-0.3, -0.25) is 4.79 Å². The molecule has 0 unspecified atom stereocenters. The number of nitrogens with zero attached hydrogens (tertiary/aromatic N) is 3. The number of hydrogen-bond acceptors (Lipinski definition) is 6. The molecule has 1 amide bonds. The van der Waals surface area contributed by atoms with Gasteiger partial charge in [0.1, 0.15) is 5.75 Å². The first-order chi connectivity index (χ1) is 15.6. The second-order valence-electron chi connectivity index (χ2n) is 8.28. The van der Waals surface area contributed by atoms with Crippen molar-refractivity contribution in [3.05, 3.63) is 70.7 Å². The van der Waals surface area contributed by atoms with Crippen LogP contribution in [0.2, 0.25) is 0 Å². The normalized spacial score (nSPS) is 19.9. The van der Waals surface area contributed by atoms with Gasteiger partial charge in [0.25, 0.3) is 5.91 Å². The maximum absolute atomic E-state index is 13.1. The molecule has 4 heterocycles. The van der Waals surface area contributed by atoms with Gasteiger partial charge in [-0.1, -0.05) is 6.07 Å². The zero-order valence-electron chi connectivity index (χ0n) is 18.0. The summed E-state index contributed by atoms with van der Waals surface area (Å²) < 4.78 is 12.8. The molecule has 0 spiro atoms. The zero-order chi connectivity index (χ0) is 22.1. The van der Waals surface area contributed by atoms with E-state index in [0.29, 0.717) is 37.4 Å². The Kier molecular flexibility index (Phi) is 5.63. The lowest BCUT2D eigenvalue weighted by Crippen LogP contribution is -2.48. The van der Waals surface area contributed by atoms with E-state index in [1.165, 1.54) is 0 Å². The van der Waals surface area contributed by atoms with Crippen LogP contribution in [-0.4, -0.2) is 57.7 Å². The van der Waals surface area contributed by atoms with Crippen molar-refractivity contribution in [3.63, 3.8) is 0 Å². The number of hydrogen-bond donors (Lipinski definition) is 2. The zero-order valence-corrected chi connectivity index (χ0v) is 18.0. The number of aromatic nitrogens is 3. The van der Waals surface area contributed by atoms with E-state index >= 15 is 0 Å². The fourth-order valence-electron chi connectivity index (χ4n) is 4.37. The molecule has 2 atom stereocenters. The van der Waals surface area contributed by atoms with Crippen LogP contribution in [0.25, 0.3) is 5.82 Å². The highest BCUT2D eigenvalue weighted by Crippen LogP contribution is 2.35. The predicted octanol–water partition coefficient (Wildman–Crippen LogP) is 1.98. The predicted molar refractivity (Wildman–Crippen MR) is 117 cm³/mol. The van der Waals surface area contributed by atoms with Crippen LogP contribution in [-0.2, 0) is 17.6 Å². The minimum Gasteiger partial charge on any atom is -0.492 e. The molecule has 8 heteroatoms. The summed E-state index contributed by atoms with van der Waals surface area (Å²) in [4.78, 5) is 17.7. The lowest BCUT2D eigenvalue weighted by atomic mass is 9.92. The Labute approximate surface area is 186 Å². The highest BCUT2D eigenvalue weighted by atomic mass is 16.5. The number of benzene rings is 1. The number of aliphatic hydroxyl groups excluding tert-OH is 1. The van der Waals surface area contributed by atoms with Gasteiger partial charge >= 0.3 is 0 Å². The number of rotatable bonds is 5. The highest BCUT2D eigenvalue weighted by Gasteiger charge is 2.29. The van der Waals surface area contributed by atoms with E-state index < -0.39 is 6.10 Å². The van der Waals surface area contributed by atoms with E-state index in [1.54, 1.807) is 10.9 Å². The van der Waals surface area contributed by atoms with Crippen LogP contribution in [0.15, 0.2) is 42.9 Å². The molecule has 1 saturated heterocycles. The third kappa shape index (κ3) is 3.99. The van der Waals surface area contributed by atoms with Crippen LogP contribution < -0.4 is 10.1 Å². The van der Waals surface area contributed by atoms with Crippen LogP contribution in [0.3, 0.4) is 0 Å². The number of aliphatic hydroxyl groups is 1. The first-order valence-corrected chi connectivity index (χ1v) is 10.9. The van der Waals surface area contributed by atoms with E-state index in [2.05, 4.69) is 22.3 Å². The number of fused-ring (bicyclic) bond motifs is 1. The largest absolute Gasteiger partial charge is 0.492 e. The second-order valence-corrected chi connectivity index (χ2v) is 8.28. The number of carbonyl (C=O) groups excluding carboxylic acids is 1. The summed E-state index contributed by atoms with van der Waals surface area (Å²) in [5.74, 6) is 1.20. The van der Waals surface area contributed by atoms with E-state index in [-0.39, 0.29) is 18.6 Å². The SMILES string of the molecule is Cc1c(Cc2ccc(-n3cccn3)nc2)cc(C(=O)N[C@H]2CCOC[C@@H]2O)c2c1CCO2. The second kappa shape index (κ2) is 8.72. The van der Waals surface area contributed by atoms with Crippen molar-refractivity contribution in [1.82, 2.24) is 20.1 Å². The minimum atomic E-state index is -0.703. The molecule has 2 aromatic heterocycles. The smallest absolute Gasteiger partial charge is 0.255 e. The average molecular weight is 434 g/mol. The van der Waals surface area contributed by atoms with Gasteiger partial charge < -0.3 is 19.9 Å². The van der Waals surface area contributed by atoms with Crippen LogP contribution in [0.1, 0.15) is 39.0 Å². The Morgan fingerprint density at radius 1 is 1.34 bits per heavy atom. The topological polar surface area (TPSA) is 98.5 Å². The van der Waals surface area contributed by atoms with Crippen molar-refractivity contribution in [2.75, 3.05) is 19.8 Å². The van der Waals surface area contributed by atoms with E-state index in [9.17, 15) is 9.90 Å². The van der Waals surface area contributed by atoms with Crippen LogP contribution in [0.4, 0.5) is 0 Å². The molecule has 166 valence electrons. The lowest BCUT2D eigenvalue weighted by molar-refractivity contribution is -0.0261. The van der Waals surface area contributed by atoms with Crippen molar-refractivity contribution in [2.24, 2.45) is 0 Å². The fraction of sp³-hybridized carbons (Fsp3) is 0.375. The molecule has 0 bridgehead atoms. The standard InChI is InChI=1S/C24H26N4O4/c1-15-17(11-16-3-4-22(25-13-16)28-8-2-7-26-28)12-19(23-18(15)5-10-32-23)24(30)27-20-6-9-31-14-21(20)29/h2-4,7-8,12-13,20-21,29H,5-6,9-11,14H2,1H3,(H,27,30)/t20-,21-/m0/s1. The molecular weight excluding hydrogens is 408 g/mol. The van der Waals surface area contributed by atoms with Crippen molar-refractivity contribution >= 4 is 5.91 Å². The maximum Gasteiger partial charge on any atom is 0.255 e. The van der Waals surface area contributed by atoms with Gasteiger partial charge in [-0.2, -0.15) is 5.10 Å². The first kappa shape index (κ1) is 20.7. The van der Waals surface area contributed by atoms with E-state index in [4.69, 9.17) is 9.47 Å². The van der Waals surface area contributed by atoms with Crippen molar-refractivity contribution in [1.29, 1.82) is 0 Å². The molecule has 5 rings (SSSR count). The molecule has 2 aliphatic heterocycles. The Hall–Kier alpha value is -3.23. The van der Waals surface area contributed by atoms with Crippen LogP contribution in [0, 0.1) is 6.92 Å². The Morgan fingerprint density at radius 3 is 3.00 bits per heavy atom. The van der Waals surface area contributed by atoms with Gasteiger partial charge in [0.05, 0.1) is 30.9 Å².